The summed E-state index contributed by atoms with van der Waals surface area (Å²) in [4.78, 5) is 0. The van der Waals surface area contributed by atoms with Gasteiger partial charge in [-0.2, -0.15) is 13.2 Å². The van der Waals surface area contributed by atoms with Crippen LogP contribution in [0.15, 0.2) is 53.1 Å². The second-order valence-electron chi connectivity index (χ2n) is 4.68. The van der Waals surface area contributed by atoms with Gasteiger partial charge in [0.25, 0.3) is 0 Å². The maximum Gasteiger partial charge on any atom is 0.419 e. The van der Waals surface area contributed by atoms with Gasteiger partial charge >= 0.3 is 6.18 Å². The van der Waals surface area contributed by atoms with Gasteiger partial charge < -0.3 is 9.15 Å². The van der Waals surface area contributed by atoms with Gasteiger partial charge in [0, 0.05) is 17.0 Å². The molecule has 0 radical (unpaired) electrons. The first-order valence-electron chi connectivity index (χ1n) is 6.40. The molecule has 114 valence electrons. The summed E-state index contributed by atoms with van der Waals surface area (Å²) >= 11 is 0. The first-order chi connectivity index (χ1) is 10.4. The number of para-hydroxylation sites is 1. The van der Waals surface area contributed by atoms with Gasteiger partial charge in [0.2, 0.25) is 0 Å². The summed E-state index contributed by atoms with van der Waals surface area (Å²) in [5, 5.41) is 0.603. The van der Waals surface area contributed by atoms with Crippen LogP contribution in [0.25, 0.3) is 11.0 Å². The highest BCUT2D eigenvalue weighted by atomic mass is 19.4. The van der Waals surface area contributed by atoms with E-state index < -0.39 is 17.6 Å². The molecule has 0 aliphatic heterocycles. The third-order valence-electron chi connectivity index (χ3n) is 3.19. The summed E-state index contributed by atoms with van der Waals surface area (Å²) in [5.74, 6) is -0.705. The fourth-order valence-electron chi connectivity index (χ4n) is 2.15. The van der Waals surface area contributed by atoms with Crippen LogP contribution in [-0.4, -0.2) is 0 Å². The molecule has 3 aromatic rings. The Morgan fingerprint density at radius 2 is 1.82 bits per heavy atom. The van der Waals surface area contributed by atoms with E-state index in [4.69, 9.17) is 9.15 Å². The van der Waals surface area contributed by atoms with E-state index in [1.165, 1.54) is 42.7 Å². The van der Waals surface area contributed by atoms with E-state index in [1.54, 1.807) is 0 Å². The number of fused-ring (bicyclic) bond motifs is 1. The number of rotatable bonds is 3. The summed E-state index contributed by atoms with van der Waals surface area (Å²) < 4.78 is 62.1. The van der Waals surface area contributed by atoms with Gasteiger partial charge in [-0.3, -0.25) is 0 Å². The van der Waals surface area contributed by atoms with Gasteiger partial charge in [-0.05, 0) is 24.3 Å². The fourth-order valence-corrected chi connectivity index (χ4v) is 2.15. The monoisotopic (exact) mass is 310 g/mol. The molecule has 0 aliphatic rings. The van der Waals surface area contributed by atoms with Crippen LogP contribution in [0.1, 0.15) is 11.1 Å². The third-order valence-corrected chi connectivity index (χ3v) is 3.19. The van der Waals surface area contributed by atoms with Crippen LogP contribution in [0.3, 0.4) is 0 Å². The summed E-state index contributed by atoms with van der Waals surface area (Å²) in [6.45, 7) is -0.105. The van der Waals surface area contributed by atoms with Crippen LogP contribution in [0.4, 0.5) is 17.6 Å². The van der Waals surface area contributed by atoms with Crippen molar-refractivity contribution in [3.8, 4) is 5.75 Å². The molecule has 0 aliphatic carbocycles. The zero-order chi connectivity index (χ0) is 15.7. The minimum atomic E-state index is -4.49. The van der Waals surface area contributed by atoms with Crippen LogP contribution in [0.5, 0.6) is 5.75 Å². The molecule has 3 rings (SSSR count). The Labute approximate surface area is 122 Å². The highest BCUT2D eigenvalue weighted by Crippen LogP contribution is 2.36. The Morgan fingerprint density at radius 3 is 2.59 bits per heavy atom. The highest BCUT2D eigenvalue weighted by molar-refractivity contribution is 5.80. The van der Waals surface area contributed by atoms with Gasteiger partial charge in [-0.25, -0.2) is 4.39 Å². The minimum absolute atomic E-state index is 0.105. The van der Waals surface area contributed by atoms with E-state index in [1.807, 2.05) is 0 Å². The van der Waals surface area contributed by atoms with Crippen molar-refractivity contribution >= 4 is 11.0 Å². The van der Waals surface area contributed by atoms with E-state index in [9.17, 15) is 17.6 Å². The smallest absolute Gasteiger partial charge is 0.419 e. The number of furan rings is 1. The van der Waals surface area contributed by atoms with Gasteiger partial charge in [0.15, 0.2) is 0 Å². The SMILES string of the molecule is Fc1ccc2c(COc3ccccc3C(F)(F)F)coc2c1. The number of hydrogen-bond donors (Lipinski definition) is 0. The minimum Gasteiger partial charge on any atom is -0.488 e. The molecular formula is C16H10F4O2. The first kappa shape index (κ1) is 14.4. The number of hydrogen-bond acceptors (Lipinski definition) is 2. The predicted octanol–water partition coefficient (Wildman–Crippen LogP) is 5.17. The quantitative estimate of drug-likeness (QED) is 0.623. The molecule has 1 heterocycles. The lowest BCUT2D eigenvalue weighted by molar-refractivity contribution is -0.139. The number of halogens is 4. The lowest BCUT2D eigenvalue weighted by Crippen LogP contribution is -2.08. The largest absolute Gasteiger partial charge is 0.488 e. The van der Waals surface area contributed by atoms with Crippen molar-refractivity contribution in [2.45, 2.75) is 12.8 Å². The first-order valence-corrected chi connectivity index (χ1v) is 6.40. The molecule has 2 nitrogen and oxygen atoms in total. The molecule has 22 heavy (non-hydrogen) atoms. The molecule has 0 bridgehead atoms. The molecular weight excluding hydrogens is 300 g/mol. The number of benzene rings is 2. The van der Waals surface area contributed by atoms with E-state index >= 15 is 0 Å². The van der Waals surface area contributed by atoms with Crippen LogP contribution in [0.2, 0.25) is 0 Å². The van der Waals surface area contributed by atoms with Crippen molar-refractivity contribution in [2.75, 3.05) is 0 Å². The van der Waals surface area contributed by atoms with Crippen LogP contribution in [0, 0.1) is 5.82 Å². The Balaban J connectivity index is 1.86. The molecule has 0 amide bonds. The molecule has 0 spiro atoms. The van der Waals surface area contributed by atoms with E-state index in [-0.39, 0.29) is 12.4 Å². The van der Waals surface area contributed by atoms with E-state index in [0.29, 0.717) is 16.5 Å². The Bertz CT molecular complexity index is 805. The summed E-state index contributed by atoms with van der Waals surface area (Å²) in [6.07, 6.45) is -3.14. The highest BCUT2D eigenvalue weighted by Gasteiger charge is 2.34. The van der Waals surface area contributed by atoms with Crippen LogP contribution in [-0.2, 0) is 12.8 Å². The summed E-state index contributed by atoms with van der Waals surface area (Å²) in [6, 6.07) is 8.94. The molecule has 6 heteroatoms. The van der Waals surface area contributed by atoms with E-state index in [2.05, 4.69) is 0 Å². The normalized spacial score (nSPS) is 11.8. The Kier molecular flexibility index (Phi) is 3.52. The standard InChI is InChI=1S/C16H10F4O2/c17-11-5-6-12-10(9-22-15(12)7-11)8-21-14-4-2-1-3-13(14)16(18,19)20/h1-7,9H,8H2. The van der Waals surface area contributed by atoms with Crippen molar-refractivity contribution in [2.24, 2.45) is 0 Å². The Hall–Kier alpha value is -2.50. The lowest BCUT2D eigenvalue weighted by Gasteiger charge is -2.13. The number of alkyl halides is 3. The predicted molar refractivity (Wildman–Crippen MR) is 71.9 cm³/mol. The summed E-state index contributed by atoms with van der Waals surface area (Å²) in [7, 11) is 0. The average molecular weight is 310 g/mol. The second kappa shape index (κ2) is 5.36. The lowest BCUT2D eigenvalue weighted by atomic mass is 10.1. The Morgan fingerprint density at radius 1 is 1.05 bits per heavy atom. The topological polar surface area (TPSA) is 22.4 Å². The molecule has 2 aromatic carbocycles. The molecule has 1 aromatic heterocycles. The van der Waals surface area contributed by atoms with Gasteiger partial charge in [0.05, 0.1) is 11.8 Å². The molecule has 0 N–H and O–H groups in total. The van der Waals surface area contributed by atoms with Crippen molar-refractivity contribution in [1.29, 1.82) is 0 Å². The molecule has 0 saturated heterocycles. The van der Waals surface area contributed by atoms with Crippen molar-refractivity contribution in [3.63, 3.8) is 0 Å². The van der Waals surface area contributed by atoms with Crippen molar-refractivity contribution in [3.05, 3.63) is 65.7 Å². The zero-order valence-electron chi connectivity index (χ0n) is 11.2. The molecule has 0 saturated carbocycles. The second-order valence-corrected chi connectivity index (χ2v) is 4.68. The van der Waals surface area contributed by atoms with Gasteiger partial charge in [-0.1, -0.05) is 12.1 Å². The van der Waals surface area contributed by atoms with Gasteiger partial charge in [-0.15, -0.1) is 0 Å². The fraction of sp³-hybridized carbons (Fsp3) is 0.125. The van der Waals surface area contributed by atoms with Crippen molar-refractivity contribution < 1.29 is 26.7 Å². The number of ether oxygens (including phenoxy) is 1. The van der Waals surface area contributed by atoms with Crippen LogP contribution < -0.4 is 4.74 Å². The zero-order valence-corrected chi connectivity index (χ0v) is 11.2. The van der Waals surface area contributed by atoms with Gasteiger partial charge in [0.1, 0.15) is 23.8 Å². The van der Waals surface area contributed by atoms with Crippen LogP contribution >= 0.6 is 0 Å². The molecule has 0 unspecified atom stereocenters. The average Bonchev–Trinajstić information content (AvgIpc) is 2.86. The van der Waals surface area contributed by atoms with Crippen molar-refractivity contribution in [1.82, 2.24) is 0 Å². The molecule has 0 fully saturated rings. The maximum absolute atomic E-state index is 13.1. The summed E-state index contributed by atoms with van der Waals surface area (Å²) in [5.41, 5.74) is 0.0310. The molecule has 0 atom stereocenters. The third kappa shape index (κ3) is 2.77. The maximum atomic E-state index is 13.1. The van der Waals surface area contributed by atoms with E-state index in [0.717, 1.165) is 6.07 Å².